The molecular formula is C55H34N2O. The molecule has 0 spiro atoms. The fraction of sp³-hybridized carbons (Fsp3) is 0.0182. The van der Waals surface area contributed by atoms with Crippen LogP contribution in [0.1, 0.15) is 11.1 Å². The van der Waals surface area contributed by atoms with Gasteiger partial charge in [-0.05, 0) is 130 Å². The molecule has 0 saturated heterocycles. The standard InChI is InChI=1S/C55H34N2O/c1-2-10-34(11-3-1)35-19-24-52-47(29-35)48-31-37(21-26-53(48)57(52)40-22-18-39-28-38-12-4-5-13-42(38)45(39)32-40)36-20-25-51-46(30-36)43-14-6-8-16-50(43)56(51)41-23-27-55-49(33-41)44-15-7-9-17-54(44)58-55/h1-27,29-33H,28H2. The Labute approximate surface area is 334 Å². The lowest BCUT2D eigenvalue weighted by Gasteiger charge is -2.11. The van der Waals surface area contributed by atoms with E-state index in [2.05, 4.69) is 191 Å². The molecule has 58 heavy (non-hydrogen) atoms. The van der Waals surface area contributed by atoms with Crippen LogP contribution in [0.2, 0.25) is 0 Å². The first kappa shape index (κ1) is 31.6. The third-order valence-electron chi connectivity index (χ3n) is 12.5. The second kappa shape index (κ2) is 11.9. The Balaban J connectivity index is 1.00. The first-order valence-corrected chi connectivity index (χ1v) is 20.0. The monoisotopic (exact) mass is 738 g/mol. The highest BCUT2D eigenvalue weighted by Crippen LogP contribution is 2.42. The number of nitrogens with zero attached hydrogens (tertiary/aromatic N) is 2. The van der Waals surface area contributed by atoms with E-state index < -0.39 is 0 Å². The lowest BCUT2D eigenvalue weighted by molar-refractivity contribution is 0.669. The SMILES string of the molecule is c1ccc(-c2ccc3c(c2)c2cc(-c4ccc5c(c4)c4ccccc4n5-c4ccc5oc6ccccc6c5c4)ccc2n3-c2ccc3c(c2)-c2ccccc2C3)cc1. The Morgan fingerprint density at radius 3 is 1.60 bits per heavy atom. The van der Waals surface area contributed by atoms with Gasteiger partial charge in [0.15, 0.2) is 0 Å². The van der Waals surface area contributed by atoms with Crippen molar-refractivity contribution in [3.05, 3.63) is 205 Å². The van der Waals surface area contributed by atoms with Gasteiger partial charge < -0.3 is 13.6 Å². The van der Waals surface area contributed by atoms with Gasteiger partial charge >= 0.3 is 0 Å². The summed E-state index contributed by atoms with van der Waals surface area (Å²) in [6, 6.07) is 71.2. The van der Waals surface area contributed by atoms with Crippen molar-refractivity contribution in [3.63, 3.8) is 0 Å². The Kier molecular flexibility index (Phi) is 6.50. The molecule has 1 aliphatic rings. The molecule has 3 heteroatoms. The predicted molar refractivity (Wildman–Crippen MR) is 242 cm³/mol. The normalized spacial score (nSPS) is 12.4. The summed E-state index contributed by atoms with van der Waals surface area (Å²) in [5.74, 6) is 0. The Morgan fingerprint density at radius 2 is 0.845 bits per heavy atom. The summed E-state index contributed by atoms with van der Waals surface area (Å²) in [7, 11) is 0. The van der Waals surface area contributed by atoms with Gasteiger partial charge in [-0.3, -0.25) is 0 Å². The molecule has 0 unspecified atom stereocenters. The maximum absolute atomic E-state index is 6.20. The van der Waals surface area contributed by atoms with Crippen molar-refractivity contribution >= 4 is 65.6 Å². The van der Waals surface area contributed by atoms with Crippen molar-refractivity contribution in [2.45, 2.75) is 6.42 Å². The molecule has 9 aromatic carbocycles. The summed E-state index contributed by atoms with van der Waals surface area (Å²) >= 11 is 0. The summed E-state index contributed by atoms with van der Waals surface area (Å²) in [5.41, 5.74) is 19.2. The fourth-order valence-electron chi connectivity index (χ4n) is 9.83. The van der Waals surface area contributed by atoms with Crippen molar-refractivity contribution < 1.29 is 4.42 Å². The number of para-hydroxylation sites is 2. The molecule has 0 atom stereocenters. The molecule has 3 heterocycles. The maximum atomic E-state index is 6.20. The van der Waals surface area contributed by atoms with Crippen molar-refractivity contribution in [2.75, 3.05) is 0 Å². The number of furan rings is 1. The quantitative estimate of drug-likeness (QED) is 0.176. The topological polar surface area (TPSA) is 23.0 Å². The van der Waals surface area contributed by atoms with E-state index in [1.165, 1.54) is 93.8 Å². The minimum Gasteiger partial charge on any atom is -0.456 e. The minimum absolute atomic E-state index is 0.905. The van der Waals surface area contributed by atoms with Crippen molar-refractivity contribution in [1.82, 2.24) is 9.13 Å². The van der Waals surface area contributed by atoms with E-state index in [1.807, 2.05) is 12.1 Å². The van der Waals surface area contributed by atoms with Crippen LogP contribution in [0.4, 0.5) is 0 Å². The maximum Gasteiger partial charge on any atom is 0.135 e. The largest absolute Gasteiger partial charge is 0.456 e. The number of hydrogen-bond donors (Lipinski definition) is 0. The summed E-state index contributed by atoms with van der Waals surface area (Å²) in [4.78, 5) is 0. The molecule has 12 aromatic rings. The molecule has 3 aromatic heterocycles. The molecule has 0 aliphatic heterocycles. The minimum atomic E-state index is 0.905. The number of aromatic nitrogens is 2. The highest BCUT2D eigenvalue weighted by atomic mass is 16.3. The molecule has 0 radical (unpaired) electrons. The number of rotatable bonds is 4. The van der Waals surface area contributed by atoms with E-state index in [4.69, 9.17) is 4.42 Å². The smallest absolute Gasteiger partial charge is 0.135 e. The van der Waals surface area contributed by atoms with Crippen molar-refractivity contribution in [3.8, 4) is 44.8 Å². The van der Waals surface area contributed by atoms with Gasteiger partial charge in [-0.2, -0.15) is 0 Å². The Hall–Kier alpha value is -7.62. The Bertz CT molecular complexity index is 3650. The fourth-order valence-corrected chi connectivity index (χ4v) is 9.83. The van der Waals surface area contributed by atoms with Crippen LogP contribution in [-0.2, 0) is 6.42 Å². The average molecular weight is 739 g/mol. The average Bonchev–Trinajstić information content (AvgIpc) is 4.03. The zero-order valence-electron chi connectivity index (χ0n) is 31.5. The number of benzene rings is 9. The molecule has 0 saturated carbocycles. The lowest BCUT2D eigenvalue weighted by atomic mass is 9.99. The number of fused-ring (bicyclic) bond motifs is 12. The summed E-state index contributed by atoms with van der Waals surface area (Å²) < 4.78 is 11.1. The molecule has 0 amide bonds. The predicted octanol–water partition coefficient (Wildman–Crippen LogP) is 14.7. The van der Waals surface area contributed by atoms with Gasteiger partial charge in [-0.25, -0.2) is 0 Å². The van der Waals surface area contributed by atoms with Gasteiger partial charge in [0.05, 0.1) is 22.1 Å². The van der Waals surface area contributed by atoms with E-state index in [-0.39, 0.29) is 0 Å². The molecular weight excluding hydrogens is 705 g/mol. The van der Waals surface area contributed by atoms with E-state index in [1.54, 1.807) is 0 Å². The molecule has 1 aliphatic carbocycles. The third-order valence-corrected chi connectivity index (χ3v) is 12.5. The molecule has 0 fully saturated rings. The van der Waals surface area contributed by atoms with Gasteiger partial charge in [-0.1, -0.05) is 115 Å². The highest BCUT2D eigenvalue weighted by molar-refractivity contribution is 6.14. The van der Waals surface area contributed by atoms with Gasteiger partial charge in [0.1, 0.15) is 11.2 Å². The summed E-state index contributed by atoms with van der Waals surface area (Å²) in [6.07, 6.45) is 0.989. The first-order chi connectivity index (χ1) is 28.7. The zero-order chi connectivity index (χ0) is 37.9. The molecule has 0 N–H and O–H groups in total. The second-order valence-electron chi connectivity index (χ2n) is 15.7. The first-order valence-electron chi connectivity index (χ1n) is 20.0. The van der Waals surface area contributed by atoms with Gasteiger partial charge in [0.25, 0.3) is 0 Å². The molecule has 270 valence electrons. The lowest BCUT2D eigenvalue weighted by Crippen LogP contribution is -1.95. The van der Waals surface area contributed by atoms with E-state index in [9.17, 15) is 0 Å². The highest BCUT2D eigenvalue weighted by Gasteiger charge is 2.21. The van der Waals surface area contributed by atoms with E-state index in [0.717, 1.165) is 34.0 Å². The summed E-state index contributed by atoms with van der Waals surface area (Å²) in [6.45, 7) is 0. The van der Waals surface area contributed by atoms with Crippen LogP contribution >= 0.6 is 0 Å². The van der Waals surface area contributed by atoms with Gasteiger partial charge in [0.2, 0.25) is 0 Å². The van der Waals surface area contributed by atoms with Crippen LogP contribution in [0, 0.1) is 0 Å². The van der Waals surface area contributed by atoms with Gasteiger partial charge in [-0.15, -0.1) is 0 Å². The zero-order valence-corrected chi connectivity index (χ0v) is 31.5. The van der Waals surface area contributed by atoms with Gasteiger partial charge in [0, 0.05) is 43.7 Å². The van der Waals surface area contributed by atoms with E-state index >= 15 is 0 Å². The van der Waals surface area contributed by atoms with Crippen LogP contribution in [0.15, 0.2) is 199 Å². The second-order valence-corrected chi connectivity index (χ2v) is 15.7. The van der Waals surface area contributed by atoms with Crippen LogP contribution in [0.3, 0.4) is 0 Å². The Morgan fingerprint density at radius 1 is 0.310 bits per heavy atom. The van der Waals surface area contributed by atoms with Crippen molar-refractivity contribution in [2.24, 2.45) is 0 Å². The van der Waals surface area contributed by atoms with Crippen LogP contribution in [0.5, 0.6) is 0 Å². The van der Waals surface area contributed by atoms with Crippen molar-refractivity contribution in [1.29, 1.82) is 0 Å². The molecule has 13 rings (SSSR count). The molecule has 3 nitrogen and oxygen atoms in total. The summed E-state index contributed by atoms with van der Waals surface area (Å²) in [5, 5.41) is 7.23. The van der Waals surface area contributed by atoms with Crippen LogP contribution in [-0.4, -0.2) is 9.13 Å². The van der Waals surface area contributed by atoms with E-state index in [0.29, 0.717) is 0 Å². The molecule has 0 bridgehead atoms. The van der Waals surface area contributed by atoms with Crippen LogP contribution < -0.4 is 0 Å². The third kappa shape index (κ3) is 4.56. The van der Waals surface area contributed by atoms with Crippen LogP contribution in [0.25, 0.3) is 110 Å². The number of hydrogen-bond acceptors (Lipinski definition) is 1.